The lowest BCUT2D eigenvalue weighted by Gasteiger charge is -2.19. The first-order chi connectivity index (χ1) is 8.84. The van der Waals surface area contributed by atoms with Gasteiger partial charge in [-0.25, -0.2) is 0 Å². The van der Waals surface area contributed by atoms with Crippen molar-refractivity contribution in [2.24, 2.45) is 0 Å². The van der Waals surface area contributed by atoms with Gasteiger partial charge in [-0.1, -0.05) is 51.2 Å². The molecule has 2 aromatic rings. The van der Waals surface area contributed by atoms with Gasteiger partial charge in [0, 0.05) is 11.3 Å². The van der Waals surface area contributed by atoms with Crippen molar-refractivity contribution in [2.45, 2.75) is 52.6 Å². The van der Waals surface area contributed by atoms with Gasteiger partial charge in [-0.05, 0) is 0 Å². The van der Waals surface area contributed by atoms with Crippen molar-refractivity contribution >= 4 is 11.3 Å². The van der Waals surface area contributed by atoms with E-state index in [1.165, 1.54) is 11.3 Å². The SMILES string of the molecule is CC(C)c1nnc(-n2nnc(CO)c2C(C)(C)C)s1. The van der Waals surface area contributed by atoms with Gasteiger partial charge in [0.05, 0.1) is 12.3 Å². The predicted octanol–water partition coefficient (Wildman–Crippen LogP) is 2.03. The number of rotatable bonds is 3. The Hall–Kier alpha value is -1.34. The average molecular weight is 281 g/mol. The van der Waals surface area contributed by atoms with E-state index in [0.717, 1.165) is 10.7 Å². The van der Waals surface area contributed by atoms with Crippen LogP contribution in [0.25, 0.3) is 5.13 Å². The fourth-order valence-corrected chi connectivity index (χ4v) is 2.65. The molecule has 0 aliphatic carbocycles. The minimum atomic E-state index is -0.175. The fourth-order valence-electron chi connectivity index (χ4n) is 1.85. The third kappa shape index (κ3) is 2.66. The minimum absolute atomic E-state index is 0.123. The number of aliphatic hydroxyl groups is 1. The molecule has 0 aromatic carbocycles. The van der Waals surface area contributed by atoms with E-state index in [4.69, 9.17) is 0 Å². The zero-order chi connectivity index (χ0) is 14.2. The molecule has 104 valence electrons. The van der Waals surface area contributed by atoms with E-state index in [-0.39, 0.29) is 12.0 Å². The normalized spacial score (nSPS) is 12.4. The molecule has 6 nitrogen and oxygen atoms in total. The average Bonchev–Trinajstić information content (AvgIpc) is 2.94. The third-order valence-electron chi connectivity index (χ3n) is 2.71. The molecular formula is C12H19N5OS. The van der Waals surface area contributed by atoms with Gasteiger partial charge in [0.15, 0.2) is 0 Å². The van der Waals surface area contributed by atoms with Crippen LogP contribution in [0.3, 0.4) is 0 Å². The lowest BCUT2D eigenvalue weighted by molar-refractivity contribution is 0.273. The summed E-state index contributed by atoms with van der Waals surface area (Å²) in [5.74, 6) is 0.338. The smallest absolute Gasteiger partial charge is 0.234 e. The van der Waals surface area contributed by atoms with Gasteiger partial charge in [-0.15, -0.1) is 15.3 Å². The fraction of sp³-hybridized carbons (Fsp3) is 0.667. The highest BCUT2D eigenvalue weighted by molar-refractivity contribution is 7.13. The van der Waals surface area contributed by atoms with Crippen LogP contribution in [-0.4, -0.2) is 30.3 Å². The van der Waals surface area contributed by atoms with Gasteiger partial charge in [0.1, 0.15) is 10.7 Å². The quantitative estimate of drug-likeness (QED) is 0.931. The van der Waals surface area contributed by atoms with Crippen LogP contribution in [-0.2, 0) is 12.0 Å². The van der Waals surface area contributed by atoms with Crippen molar-refractivity contribution in [3.05, 3.63) is 16.4 Å². The van der Waals surface area contributed by atoms with Crippen molar-refractivity contribution in [3.63, 3.8) is 0 Å². The van der Waals surface area contributed by atoms with E-state index in [1.807, 2.05) is 0 Å². The van der Waals surface area contributed by atoms with Gasteiger partial charge in [-0.2, -0.15) is 4.68 Å². The Bertz CT molecular complexity index is 567. The van der Waals surface area contributed by atoms with Crippen LogP contribution in [0.2, 0.25) is 0 Å². The molecule has 2 rings (SSSR count). The number of hydrogen-bond acceptors (Lipinski definition) is 6. The number of hydrogen-bond donors (Lipinski definition) is 1. The van der Waals surface area contributed by atoms with Crippen molar-refractivity contribution in [2.75, 3.05) is 0 Å². The highest BCUT2D eigenvalue weighted by Gasteiger charge is 2.27. The van der Waals surface area contributed by atoms with E-state index >= 15 is 0 Å². The molecule has 0 fully saturated rings. The minimum Gasteiger partial charge on any atom is -0.390 e. The lowest BCUT2D eigenvalue weighted by atomic mass is 9.90. The maximum atomic E-state index is 9.39. The first-order valence-corrected chi connectivity index (χ1v) is 7.06. The molecular weight excluding hydrogens is 262 g/mol. The molecule has 0 bridgehead atoms. The van der Waals surface area contributed by atoms with Gasteiger partial charge in [-0.3, -0.25) is 0 Å². The molecule has 0 radical (unpaired) electrons. The number of aromatic nitrogens is 5. The predicted molar refractivity (Wildman–Crippen MR) is 73.5 cm³/mol. The van der Waals surface area contributed by atoms with Crippen LogP contribution >= 0.6 is 11.3 Å². The molecule has 19 heavy (non-hydrogen) atoms. The highest BCUT2D eigenvalue weighted by atomic mass is 32.1. The molecule has 0 saturated heterocycles. The molecule has 2 heterocycles. The summed E-state index contributed by atoms with van der Waals surface area (Å²) in [5, 5.41) is 27.5. The first-order valence-electron chi connectivity index (χ1n) is 6.24. The molecule has 0 saturated carbocycles. The molecule has 2 aromatic heterocycles. The lowest BCUT2D eigenvalue weighted by Crippen LogP contribution is -2.19. The Labute approximate surface area is 116 Å². The number of aliphatic hydroxyl groups excluding tert-OH is 1. The summed E-state index contributed by atoms with van der Waals surface area (Å²) in [4.78, 5) is 0. The second-order valence-corrected chi connectivity index (χ2v) is 6.77. The van der Waals surface area contributed by atoms with Crippen LogP contribution in [0.4, 0.5) is 0 Å². The third-order valence-corrected chi connectivity index (χ3v) is 3.90. The van der Waals surface area contributed by atoms with Gasteiger partial charge in [0.2, 0.25) is 5.13 Å². The Balaban J connectivity index is 2.53. The zero-order valence-electron chi connectivity index (χ0n) is 11.9. The monoisotopic (exact) mass is 281 g/mol. The van der Waals surface area contributed by atoms with Crippen molar-refractivity contribution in [3.8, 4) is 5.13 Å². The first kappa shape index (κ1) is 14.1. The van der Waals surface area contributed by atoms with E-state index in [2.05, 4.69) is 55.1 Å². The molecule has 0 aliphatic rings. The number of nitrogens with zero attached hydrogens (tertiary/aromatic N) is 5. The van der Waals surface area contributed by atoms with Crippen molar-refractivity contribution in [1.29, 1.82) is 0 Å². The van der Waals surface area contributed by atoms with Gasteiger partial charge < -0.3 is 5.11 Å². The molecule has 7 heteroatoms. The molecule has 0 aliphatic heterocycles. The largest absolute Gasteiger partial charge is 0.390 e. The Morgan fingerprint density at radius 3 is 2.37 bits per heavy atom. The van der Waals surface area contributed by atoms with Crippen LogP contribution in [0, 0.1) is 0 Å². The van der Waals surface area contributed by atoms with Gasteiger partial charge in [0.25, 0.3) is 0 Å². The standard InChI is InChI=1S/C12H19N5OS/c1-7(2)10-14-15-11(19-10)17-9(12(3,4)5)8(6-18)13-16-17/h7,18H,6H2,1-5H3. The second-order valence-electron chi connectivity index (χ2n) is 5.78. The Morgan fingerprint density at radius 2 is 1.89 bits per heavy atom. The van der Waals surface area contributed by atoms with Crippen LogP contribution in [0.15, 0.2) is 0 Å². The summed E-state index contributed by atoms with van der Waals surface area (Å²) in [6, 6.07) is 0. The van der Waals surface area contributed by atoms with E-state index in [0.29, 0.717) is 16.7 Å². The maximum Gasteiger partial charge on any atom is 0.234 e. The molecule has 0 amide bonds. The van der Waals surface area contributed by atoms with E-state index < -0.39 is 0 Å². The van der Waals surface area contributed by atoms with Crippen LogP contribution in [0.1, 0.15) is 56.9 Å². The molecule has 0 spiro atoms. The summed E-state index contributed by atoms with van der Waals surface area (Å²) in [7, 11) is 0. The van der Waals surface area contributed by atoms with Crippen molar-refractivity contribution in [1.82, 2.24) is 25.2 Å². The summed E-state index contributed by atoms with van der Waals surface area (Å²) in [5.41, 5.74) is 1.29. The Morgan fingerprint density at radius 1 is 1.21 bits per heavy atom. The van der Waals surface area contributed by atoms with E-state index in [9.17, 15) is 5.11 Å². The maximum absolute atomic E-state index is 9.39. The van der Waals surface area contributed by atoms with Crippen molar-refractivity contribution < 1.29 is 5.11 Å². The Kier molecular flexibility index (Phi) is 3.69. The molecule has 0 unspecified atom stereocenters. The zero-order valence-corrected chi connectivity index (χ0v) is 12.7. The summed E-state index contributed by atoms with van der Waals surface area (Å²) >= 11 is 1.50. The summed E-state index contributed by atoms with van der Waals surface area (Å²) in [6.07, 6.45) is 0. The molecule has 1 N–H and O–H groups in total. The topological polar surface area (TPSA) is 76.7 Å². The van der Waals surface area contributed by atoms with Crippen LogP contribution in [0.5, 0.6) is 0 Å². The van der Waals surface area contributed by atoms with Crippen LogP contribution < -0.4 is 0 Å². The second kappa shape index (κ2) is 4.97. The molecule has 0 atom stereocenters. The highest BCUT2D eigenvalue weighted by Crippen LogP contribution is 2.29. The van der Waals surface area contributed by atoms with Gasteiger partial charge >= 0.3 is 0 Å². The summed E-state index contributed by atoms with van der Waals surface area (Å²) in [6.45, 7) is 10.2. The van der Waals surface area contributed by atoms with E-state index in [1.54, 1.807) is 4.68 Å². The summed E-state index contributed by atoms with van der Waals surface area (Å²) < 4.78 is 1.69.